The van der Waals surface area contributed by atoms with Gasteiger partial charge in [0.1, 0.15) is 11.9 Å². The molecule has 0 heterocycles. The van der Waals surface area contributed by atoms with Gasteiger partial charge in [-0.05, 0) is 30.2 Å². The van der Waals surface area contributed by atoms with Gasteiger partial charge in [-0.2, -0.15) is 13.2 Å². The van der Waals surface area contributed by atoms with E-state index in [1.165, 1.54) is 19.2 Å². The lowest BCUT2D eigenvalue weighted by Gasteiger charge is -2.08. The monoisotopic (exact) mass is 230 g/mol. The lowest BCUT2D eigenvalue weighted by atomic mass is 10.2. The third-order valence-corrected chi connectivity index (χ3v) is 1.55. The van der Waals surface area contributed by atoms with Crippen LogP contribution in [-0.4, -0.2) is 19.9 Å². The average Bonchev–Trinajstić information content (AvgIpc) is 2.24. The fourth-order valence-corrected chi connectivity index (χ4v) is 0.910. The van der Waals surface area contributed by atoms with Crippen LogP contribution in [-0.2, 0) is 4.74 Å². The van der Waals surface area contributed by atoms with Gasteiger partial charge in [0, 0.05) is 5.56 Å². The van der Waals surface area contributed by atoms with Crippen molar-refractivity contribution in [2.24, 2.45) is 0 Å². The van der Waals surface area contributed by atoms with Gasteiger partial charge in [0.15, 0.2) is 6.61 Å². The van der Waals surface area contributed by atoms with Gasteiger partial charge in [-0.1, -0.05) is 0 Å². The summed E-state index contributed by atoms with van der Waals surface area (Å²) < 4.78 is 44.5. The van der Waals surface area contributed by atoms with Gasteiger partial charge in [0.2, 0.25) is 0 Å². The van der Waals surface area contributed by atoms with E-state index in [0.29, 0.717) is 5.56 Å². The van der Waals surface area contributed by atoms with Crippen LogP contribution in [0.2, 0.25) is 0 Å². The molecule has 0 aliphatic carbocycles. The van der Waals surface area contributed by atoms with Gasteiger partial charge in [-0.25, -0.2) is 0 Å². The van der Waals surface area contributed by atoms with Crippen LogP contribution in [0.3, 0.4) is 0 Å². The number of ether oxygens (including phenoxy) is 2. The molecule has 0 N–H and O–H groups in total. The standard InChI is InChI=1S/C11H9F3O2/c1-15-7-6-9-2-4-10(5-3-9)16-8-11(12,13)14/h2-5H,8H2,1H3. The maximum atomic E-state index is 11.8. The number of hydrogen-bond acceptors (Lipinski definition) is 2. The average molecular weight is 230 g/mol. The highest BCUT2D eigenvalue weighted by molar-refractivity contribution is 5.37. The molecule has 0 spiro atoms. The third-order valence-electron chi connectivity index (χ3n) is 1.55. The SMILES string of the molecule is COC#Cc1ccc(OCC(F)(F)F)cc1. The second kappa shape index (κ2) is 5.31. The van der Waals surface area contributed by atoms with Gasteiger partial charge < -0.3 is 9.47 Å². The van der Waals surface area contributed by atoms with E-state index in [1.807, 2.05) is 0 Å². The molecule has 2 nitrogen and oxygen atoms in total. The number of rotatable bonds is 2. The molecule has 1 aromatic rings. The highest BCUT2D eigenvalue weighted by Crippen LogP contribution is 2.18. The van der Waals surface area contributed by atoms with Crippen molar-refractivity contribution in [2.45, 2.75) is 6.18 Å². The van der Waals surface area contributed by atoms with E-state index < -0.39 is 12.8 Å². The Morgan fingerprint density at radius 3 is 2.31 bits per heavy atom. The summed E-state index contributed by atoms with van der Waals surface area (Å²) >= 11 is 0. The largest absolute Gasteiger partial charge is 0.484 e. The molecule has 5 heteroatoms. The fourth-order valence-electron chi connectivity index (χ4n) is 0.910. The summed E-state index contributed by atoms with van der Waals surface area (Å²) in [6.07, 6.45) is -1.96. The number of alkyl halides is 3. The van der Waals surface area contributed by atoms with E-state index in [4.69, 9.17) is 0 Å². The molecule has 0 saturated carbocycles. The van der Waals surface area contributed by atoms with Crippen LogP contribution < -0.4 is 4.74 Å². The van der Waals surface area contributed by atoms with Crippen LogP contribution in [0.5, 0.6) is 5.75 Å². The van der Waals surface area contributed by atoms with Crippen LogP contribution in [0.1, 0.15) is 5.56 Å². The summed E-state index contributed by atoms with van der Waals surface area (Å²) in [4.78, 5) is 0. The Morgan fingerprint density at radius 2 is 1.81 bits per heavy atom. The molecule has 0 unspecified atom stereocenters. The maximum Gasteiger partial charge on any atom is 0.422 e. The number of benzene rings is 1. The van der Waals surface area contributed by atoms with E-state index in [9.17, 15) is 13.2 Å². The van der Waals surface area contributed by atoms with Crippen LogP contribution in [0.25, 0.3) is 0 Å². The van der Waals surface area contributed by atoms with Crippen LogP contribution >= 0.6 is 0 Å². The highest BCUT2D eigenvalue weighted by atomic mass is 19.4. The molecule has 0 aliphatic heterocycles. The molecule has 0 aliphatic rings. The maximum absolute atomic E-state index is 11.8. The Morgan fingerprint density at radius 1 is 1.19 bits per heavy atom. The van der Waals surface area contributed by atoms with Gasteiger partial charge in [-0.15, -0.1) is 0 Å². The Bertz CT molecular complexity index is 384. The van der Waals surface area contributed by atoms with Crippen molar-refractivity contribution in [1.82, 2.24) is 0 Å². The van der Waals surface area contributed by atoms with E-state index in [1.54, 1.807) is 12.1 Å². The quantitative estimate of drug-likeness (QED) is 0.727. The first-order valence-corrected chi connectivity index (χ1v) is 4.35. The summed E-state index contributed by atoms with van der Waals surface area (Å²) in [6, 6.07) is 5.95. The van der Waals surface area contributed by atoms with Crippen molar-refractivity contribution >= 4 is 0 Å². The zero-order chi connectivity index (χ0) is 12.0. The summed E-state index contributed by atoms with van der Waals surface area (Å²) in [5.41, 5.74) is 0.640. The lowest BCUT2D eigenvalue weighted by molar-refractivity contribution is -0.153. The molecule has 0 saturated heterocycles. The Hall–Kier alpha value is -1.83. The minimum absolute atomic E-state index is 0.153. The zero-order valence-electron chi connectivity index (χ0n) is 8.47. The Balaban J connectivity index is 2.58. The molecule has 0 radical (unpaired) electrons. The van der Waals surface area contributed by atoms with Crippen molar-refractivity contribution in [2.75, 3.05) is 13.7 Å². The highest BCUT2D eigenvalue weighted by Gasteiger charge is 2.28. The Labute approximate surface area is 91.0 Å². The Kier molecular flexibility index (Phi) is 4.06. The molecule has 1 rings (SSSR count). The second-order valence-corrected chi connectivity index (χ2v) is 2.86. The smallest absolute Gasteiger partial charge is 0.422 e. The van der Waals surface area contributed by atoms with Gasteiger partial charge in [0.25, 0.3) is 0 Å². The molecule has 16 heavy (non-hydrogen) atoms. The van der Waals surface area contributed by atoms with Crippen molar-refractivity contribution in [3.05, 3.63) is 29.8 Å². The number of methoxy groups -OCH3 is 1. The molecule has 0 bridgehead atoms. The molecule has 0 amide bonds. The number of hydrogen-bond donors (Lipinski definition) is 0. The minimum atomic E-state index is -4.32. The predicted octanol–water partition coefficient (Wildman–Crippen LogP) is 2.58. The van der Waals surface area contributed by atoms with Crippen molar-refractivity contribution in [1.29, 1.82) is 0 Å². The second-order valence-electron chi connectivity index (χ2n) is 2.86. The van der Waals surface area contributed by atoms with Crippen molar-refractivity contribution < 1.29 is 22.6 Å². The first-order chi connectivity index (χ1) is 7.51. The van der Waals surface area contributed by atoms with Crippen molar-refractivity contribution in [3.8, 4) is 17.8 Å². The third kappa shape index (κ3) is 4.60. The number of halogens is 3. The van der Waals surface area contributed by atoms with E-state index in [-0.39, 0.29) is 5.75 Å². The summed E-state index contributed by atoms with van der Waals surface area (Å²) in [5.74, 6) is 2.80. The molecule has 0 atom stereocenters. The molecule has 0 aromatic heterocycles. The van der Waals surface area contributed by atoms with Crippen LogP contribution in [0.15, 0.2) is 24.3 Å². The normalized spacial score (nSPS) is 10.2. The first kappa shape index (κ1) is 12.2. The van der Waals surface area contributed by atoms with E-state index in [2.05, 4.69) is 21.5 Å². The molecular formula is C11H9F3O2. The first-order valence-electron chi connectivity index (χ1n) is 4.35. The minimum Gasteiger partial charge on any atom is -0.484 e. The molecule has 86 valence electrons. The zero-order valence-corrected chi connectivity index (χ0v) is 8.47. The van der Waals surface area contributed by atoms with E-state index in [0.717, 1.165) is 0 Å². The van der Waals surface area contributed by atoms with Gasteiger partial charge in [0.05, 0.1) is 7.11 Å². The van der Waals surface area contributed by atoms with Crippen LogP contribution in [0.4, 0.5) is 13.2 Å². The van der Waals surface area contributed by atoms with E-state index >= 15 is 0 Å². The molecule has 0 fully saturated rings. The van der Waals surface area contributed by atoms with Gasteiger partial charge >= 0.3 is 6.18 Å². The predicted molar refractivity (Wildman–Crippen MR) is 51.9 cm³/mol. The molecular weight excluding hydrogens is 221 g/mol. The van der Waals surface area contributed by atoms with Crippen molar-refractivity contribution in [3.63, 3.8) is 0 Å². The summed E-state index contributed by atoms with van der Waals surface area (Å²) in [7, 11) is 1.42. The lowest BCUT2D eigenvalue weighted by Crippen LogP contribution is -2.19. The van der Waals surface area contributed by atoms with Gasteiger partial charge in [-0.3, -0.25) is 0 Å². The summed E-state index contributed by atoms with van der Waals surface area (Å²) in [6.45, 7) is -1.30. The fraction of sp³-hybridized carbons (Fsp3) is 0.273. The topological polar surface area (TPSA) is 18.5 Å². The summed E-state index contributed by atoms with van der Waals surface area (Å²) in [5, 5.41) is 0. The van der Waals surface area contributed by atoms with Crippen LogP contribution in [0, 0.1) is 12.0 Å². The molecule has 1 aromatic carbocycles.